The minimum atomic E-state index is -0.343. The molecule has 2 aromatic carbocycles. The summed E-state index contributed by atoms with van der Waals surface area (Å²) in [6.07, 6.45) is -0.343. The van der Waals surface area contributed by atoms with Gasteiger partial charge in [0.2, 0.25) is 0 Å². The maximum Gasteiger partial charge on any atom is 0.0621 e. The smallest absolute Gasteiger partial charge is 0.0621 e. The number of aliphatic hydroxyl groups excluding tert-OH is 1. The fourth-order valence-electron chi connectivity index (χ4n) is 2.71. The lowest BCUT2D eigenvalue weighted by molar-refractivity contribution is 0.178. The standard InChI is InChI=1S/C15H14O/c1-10(16)15-13-8-4-2-6-11(13)12-7-3-5-9-14(12)15/h2-10,15-16H,1H3/t10-/m0/s1. The highest BCUT2D eigenvalue weighted by molar-refractivity contribution is 5.78. The van der Waals surface area contributed by atoms with Crippen molar-refractivity contribution >= 4 is 0 Å². The van der Waals surface area contributed by atoms with E-state index in [2.05, 4.69) is 36.4 Å². The third kappa shape index (κ3) is 1.22. The van der Waals surface area contributed by atoms with E-state index in [1.807, 2.05) is 19.1 Å². The molecule has 80 valence electrons. The third-order valence-electron chi connectivity index (χ3n) is 3.36. The highest BCUT2D eigenvalue weighted by Gasteiger charge is 2.30. The monoisotopic (exact) mass is 210 g/mol. The van der Waals surface area contributed by atoms with Crippen molar-refractivity contribution in [3.63, 3.8) is 0 Å². The van der Waals surface area contributed by atoms with Gasteiger partial charge < -0.3 is 5.11 Å². The van der Waals surface area contributed by atoms with Crippen LogP contribution in [0, 0.1) is 0 Å². The second-order valence-corrected chi connectivity index (χ2v) is 4.39. The average molecular weight is 210 g/mol. The number of fused-ring (bicyclic) bond motifs is 3. The van der Waals surface area contributed by atoms with Crippen LogP contribution in [0.1, 0.15) is 24.0 Å². The van der Waals surface area contributed by atoms with Crippen LogP contribution in [0.2, 0.25) is 0 Å². The minimum Gasteiger partial charge on any atom is -0.392 e. The number of hydrogen-bond acceptors (Lipinski definition) is 1. The van der Waals surface area contributed by atoms with Crippen LogP contribution in [-0.2, 0) is 0 Å². The molecule has 1 heteroatoms. The Balaban J connectivity index is 2.30. The van der Waals surface area contributed by atoms with E-state index in [9.17, 15) is 5.11 Å². The lowest BCUT2D eigenvalue weighted by Crippen LogP contribution is -2.13. The molecule has 0 aromatic heterocycles. The molecule has 2 aromatic rings. The largest absolute Gasteiger partial charge is 0.392 e. The molecule has 16 heavy (non-hydrogen) atoms. The van der Waals surface area contributed by atoms with Crippen molar-refractivity contribution < 1.29 is 5.11 Å². The van der Waals surface area contributed by atoms with Gasteiger partial charge in [0.15, 0.2) is 0 Å². The summed E-state index contributed by atoms with van der Waals surface area (Å²) in [6.45, 7) is 1.86. The highest BCUT2D eigenvalue weighted by Crippen LogP contribution is 2.45. The van der Waals surface area contributed by atoms with E-state index in [1.54, 1.807) is 0 Å². The molecule has 0 saturated carbocycles. The Bertz CT molecular complexity index is 483. The molecule has 1 nitrogen and oxygen atoms in total. The lowest BCUT2D eigenvalue weighted by atomic mass is 9.92. The van der Waals surface area contributed by atoms with Gasteiger partial charge in [0.1, 0.15) is 0 Å². The summed E-state index contributed by atoms with van der Waals surface area (Å²) in [4.78, 5) is 0. The van der Waals surface area contributed by atoms with E-state index in [0.29, 0.717) is 0 Å². The van der Waals surface area contributed by atoms with E-state index in [1.165, 1.54) is 22.3 Å². The predicted octanol–water partition coefficient (Wildman–Crippen LogP) is 3.18. The van der Waals surface area contributed by atoms with Gasteiger partial charge >= 0.3 is 0 Å². The summed E-state index contributed by atoms with van der Waals surface area (Å²) in [5, 5.41) is 9.95. The van der Waals surface area contributed by atoms with Crippen molar-refractivity contribution in [1.82, 2.24) is 0 Å². The van der Waals surface area contributed by atoms with Gasteiger partial charge in [-0.2, -0.15) is 0 Å². The predicted molar refractivity (Wildman–Crippen MR) is 65.4 cm³/mol. The van der Waals surface area contributed by atoms with Crippen molar-refractivity contribution in [2.45, 2.75) is 18.9 Å². The summed E-state index contributed by atoms with van der Waals surface area (Å²) >= 11 is 0. The summed E-state index contributed by atoms with van der Waals surface area (Å²) in [6, 6.07) is 16.7. The van der Waals surface area contributed by atoms with Crippen molar-refractivity contribution in [3.8, 4) is 11.1 Å². The molecule has 0 amide bonds. The summed E-state index contributed by atoms with van der Waals surface area (Å²) in [5.74, 6) is 0.132. The molecule has 1 atom stereocenters. The van der Waals surface area contributed by atoms with Crippen LogP contribution in [0.5, 0.6) is 0 Å². The van der Waals surface area contributed by atoms with E-state index < -0.39 is 0 Å². The van der Waals surface area contributed by atoms with Gasteiger partial charge in [-0.15, -0.1) is 0 Å². The van der Waals surface area contributed by atoms with E-state index in [4.69, 9.17) is 0 Å². The molecule has 1 N–H and O–H groups in total. The van der Waals surface area contributed by atoms with Crippen molar-refractivity contribution in [1.29, 1.82) is 0 Å². The van der Waals surface area contributed by atoms with Gasteiger partial charge in [0.05, 0.1) is 6.10 Å². The molecule has 0 saturated heterocycles. The van der Waals surface area contributed by atoms with E-state index in [-0.39, 0.29) is 12.0 Å². The molecule has 3 rings (SSSR count). The van der Waals surface area contributed by atoms with Crippen LogP contribution >= 0.6 is 0 Å². The second kappa shape index (κ2) is 3.46. The minimum absolute atomic E-state index is 0.132. The quantitative estimate of drug-likeness (QED) is 0.766. The van der Waals surface area contributed by atoms with Crippen LogP contribution in [-0.4, -0.2) is 11.2 Å². The highest BCUT2D eigenvalue weighted by atomic mass is 16.3. The maximum atomic E-state index is 9.95. The van der Waals surface area contributed by atoms with Crippen LogP contribution in [0.4, 0.5) is 0 Å². The molecule has 1 aliphatic carbocycles. The van der Waals surface area contributed by atoms with Gasteiger partial charge in [0, 0.05) is 5.92 Å². The first-order valence-electron chi connectivity index (χ1n) is 5.65. The molecule has 0 heterocycles. The summed E-state index contributed by atoms with van der Waals surface area (Å²) in [7, 11) is 0. The fraction of sp³-hybridized carbons (Fsp3) is 0.200. The van der Waals surface area contributed by atoms with Crippen LogP contribution < -0.4 is 0 Å². The molecule has 0 unspecified atom stereocenters. The zero-order valence-corrected chi connectivity index (χ0v) is 9.22. The normalized spacial score (nSPS) is 15.6. The maximum absolute atomic E-state index is 9.95. The second-order valence-electron chi connectivity index (χ2n) is 4.39. The number of rotatable bonds is 1. The molecule has 0 aliphatic heterocycles. The molecular formula is C15H14O. The average Bonchev–Trinajstić information content (AvgIpc) is 2.63. The first kappa shape index (κ1) is 9.61. The van der Waals surface area contributed by atoms with Crippen molar-refractivity contribution in [3.05, 3.63) is 59.7 Å². The molecule has 0 spiro atoms. The molecular weight excluding hydrogens is 196 g/mol. The van der Waals surface area contributed by atoms with Crippen molar-refractivity contribution in [2.75, 3.05) is 0 Å². The topological polar surface area (TPSA) is 20.2 Å². The first-order chi connectivity index (χ1) is 7.79. The molecule has 0 radical (unpaired) electrons. The van der Waals surface area contributed by atoms with Crippen LogP contribution in [0.25, 0.3) is 11.1 Å². The van der Waals surface area contributed by atoms with E-state index >= 15 is 0 Å². The van der Waals surface area contributed by atoms with Gasteiger partial charge in [-0.3, -0.25) is 0 Å². The Hall–Kier alpha value is -1.60. The van der Waals surface area contributed by atoms with Crippen LogP contribution in [0.15, 0.2) is 48.5 Å². The van der Waals surface area contributed by atoms with Gasteiger partial charge in [0.25, 0.3) is 0 Å². The molecule has 0 bridgehead atoms. The zero-order valence-electron chi connectivity index (χ0n) is 9.22. The number of aliphatic hydroxyl groups is 1. The van der Waals surface area contributed by atoms with Gasteiger partial charge in [-0.25, -0.2) is 0 Å². The number of benzene rings is 2. The van der Waals surface area contributed by atoms with Crippen molar-refractivity contribution in [2.24, 2.45) is 0 Å². The first-order valence-corrected chi connectivity index (χ1v) is 5.65. The Labute approximate surface area is 95.4 Å². The molecule has 1 aliphatic rings. The fourth-order valence-corrected chi connectivity index (χ4v) is 2.71. The zero-order chi connectivity index (χ0) is 11.1. The van der Waals surface area contributed by atoms with E-state index in [0.717, 1.165) is 0 Å². The Kier molecular flexibility index (Phi) is 2.08. The number of hydrogen-bond donors (Lipinski definition) is 1. The Morgan fingerprint density at radius 2 is 1.31 bits per heavy atom. The summed E-state index contributed by atoms with van der Waals surface area (Å²) < 4.78 is 0. The molecule has 0 fully saturated rings. The Morgan fingerprint density at radius 1 is 0.875 bits per heavy atom. The third-order valence-corrected chi connectivity index (χ3v) is 3.36. The van der Waals surface area contributed by atoms with Gasteiger partial charge in [-0.1, -0.05) is 48.5 Å². The van der Waals surface area contributed by atoms with Crippen LogP contribution in [0.3, 0.4) is 0 Å². The summed E-state index contributed by atoms with van der Waals surface area (Å²) in [5.41, 5.74) is 5.03. The Morgan fingerprint density at radius 3 is 1.75 bits per heavy atom. The SMILES string of the molecule is C[C@H](O)C1c2ccccc2-c2ccccc21. The van der Waals surface area contributed by atoms with Gasteiger partial charge in [-0.05, 0) is 29.2 Å². The lowest BCUT2D eigenvalue weighted by Gasteiger charge is -2.16.